The van der Waals surface area contributed by atoms with E-state index >= 15 is 0 Å². The number of ether oxygens (including phenoxy) is 2. The number of carbonyl (C=O) groups is 1. The van der Waals surface area contributed by atoms with Crippen LogP contribution in [0.5, 0.6) is 5.75 Å². The quantitative estimate of drug-likeness (QED) is 0.501. The Morgan fingerprint density at radius 2 is 2.05 bits per heavy atom. The smallest absolute Gasteiger partial charge is 0.341 e. The van der Waals surface area contributed by atoms with E-state index < -0.39 is 0 Å². The van der Waals surface area contributed by atoms with Crippen LogP contribution in [0.25, 0.3) is 0 Å². The second-order valence-electron chi connectivity index (χ2n) is 5.19. The van der Waals surface area contributed by atoms with E-state index in [1.807, 2.05) is 26.0 Å². The van der Waals surface area contributed by atoms with Gasteiger partial charge in [0.15, 0.2) is 0 Å². The topological polar surface area (TPSA) is 35.5 Å². The van der Waals surface area contributed by atoms with Gasteiger partial charge in [-0.05, 0) is 30.5 Å². The first-order valence-corrected chi connectivity index (χ1v) is 7.93. The standard InChI is InChI=1S/C16H23BrO3/c1-4-5-6-9-19-15-10-13(17)7-8-14(15)16(18)20-11-12(2)3/h7-8,10,12H,4-6,9,11H2,1-3H3. The number of rotatable bonds is 8. The van der Waals surface area contributed by atoms with Crippen molar-refractivity contribution in [2.75, 3.05) is 13.2 Å². The highest BCUT2D eigenvalue weighted by Crippen LogP contribution is 2.25. The number of hydrogen-bond acceptors (Lipinski definition) is 3. The van der Waals surface area contributed by atoms with Crippen molar-refractivity contribution >= 4 is 21.9 Å². The van der Waals surface area contributed by atoms with Crippen molar-refractivity contribution in [2.24, 2.45) is 5.92 Å². The Bertz CT molecular complexity index is 430. The van der Waals surface area contributed by atoms with Gasteiger partial charge in [-0.15, -0.1) is 0 Å². The van der Waals surface area contributed by atoms with Crippen molar-refractivity contribution in [1.82, 2.24) is 0 Å². The molecule has 0 heterocycles. The zero-order valence-corrected chi connectivity index (χ0v) is 14.0. The lowest BCUT2D eigenvalue weighted by molar-refractivity contribution is 0.0454. The molecule has 112 valence electrons. The lowest BCUT2D eigenvalue weighted by atomic mass is 10.2. The SMILES string of the molecule is CCCCCOc1cc(Br)ccc1C(=O)OCC(C)C. The van der Waals surface area contributed by atoms with Crippen LogP contribution in [0.4, 0.5) is 0 Å². The summed E-state index contributed by atoms with van der Waals surface area (Å²) in [7, 11) is 0. The molecule has 0 saturated carbocycles. The van der Waals surface area contributed by atoms with Gasteiger partial charge in [0, 0.05) is 4.47 Å². The third-order valence-electron chi connectivity index (χ3n) is 2.72. The minimum Gasteiger partial charge on any atom is -0.493 e. The number of unbranched alkanes of at least 4 members (excludes halogenated alkanes) is 2. The summed E-state index contributed by atoms with van der Waals surface area (Å²) in [5.41, 5.74) is 0.491. The van der Waals surface area contributed by atoms with Gasteiger partial charge in [-0.2, -0.15) is 0 Å². The van der Waals surface area contributed by atoms with Gasteiger partial charge in [0.25, 0.3) is 0 Å². The highest BCUT2D eigenvalue weighted by molar-refractivity contribution is 9.10. The molecule has 0 N–H and O–H groups in total. The van der Waals surface area contributed by atoms with E-state index in [2.05, 4.69) is 22.9 Å². The van der Waals surface area contributed by atoms with Crippen molar-refractivity contribution in [3.8, 4) is 5.75 Å². The van der Waals surface area contributed by atoms with Crippen molar-refractivity contribution in [3.63, 3.8) is 0 Å². The summed E-state index contributed by atoms with van der Waals surface area (Å²) in [6, 6.07) is 5.38. The second kappa shape index (κ2) is 9.01. The molecule has 0 aliphatic carbocycles. The molecule has 0 unspecified atom stereocenters. The lowest BCUT2D eigenvalue weighted by Gasteiger charge is -2.12. The molecule has 0 atom stereocenters. The van der Waals surface area contributed by atoms with E-state index in [0.29, 0.717) is 30.4 Å². The maximum absolute atomic E-state index is 12.1. The first kappa shape index (κ1) is 17.0. The maximum Gasteiger partial charge on any atom is 0.341 e. The van der Waals surface area contributed by atoms with Gasteiger partial charge in [0.1, 0.15) is 11.3 Å². The van der Waals surface area contributed by atoms with Crippen LogP contribution in [-0.4, -0.2) is 19.2 Å². The van der Waals surface area contributed by atoms with Gasteiger partial charge in [-0.1, -0.05) is 49.5 Å². The predicted octanol–water partition coefficient (Wildman–Crippen LogP) is 4.83. The average molecular weight is 343 g/mol. The number of halogens is 1. The molecule has 20 heavy (non-hydrogen) atoms. The summed E-state index contributed by atoms with van der Waals surface area (Å²) >= 11 is 3.40. The first-order valence-electron chi connectivity index (χ1n) is 7.14. The largest absolute Gasteiger partial charge is 0.493 e. The van der Waals surface area contributed by atoms with Crippen molar-refractivity contribution in [1.29, 1.82) is 0 Å². The zero-order valence-electron chi connectivity index (χ0n) is 12.4. The average Bonchev–Trinajstić information content (AvgIpc) is 2.41. The first-order chi connectivity index (χ1) is 9.54. The van der Waals surface area contributed by atoms with Gasteiger partial charge in [-0.25, -0.2) is 4.79 Å². The Kier molecular flexibility index (Phi) is 7.67. The molecule has 0 aliphatic heterocycles. The molecule has 1 rings (SSSR count). The number of benzene rings is 1. The normalized spacial score (nSPS) is 10.7. The number of hydrogen-bond donors (Lipinski definition) is 0. The minimum atomic E-state index is -0.323. The van der Waals surface area contributed by atoms with Crippen LogP contribution in [0.15, 0.2) is 22.7 Å². The fourth-order valence-electron chi connectivity index (χ4n) is 1.64. The Morgan fingerprint density at radius 3 is 2.70 bits per heavy atom. The Hall–Kier alpha value is -1.03. The molecule has 0 bridgehead atoms. The van der Waals surface area contributed by atoms with Crippen molar-refractivity contribution in [3.05, 3.63) is 28.2 Å². The van der Waals surface area contributed by atoms with Gasteiger partial charge < -0.3 is 9.47 Å². The molecule has 1 aromatic carbocycles. The minimum absolute atomic E-state index is 0.323. The fraction of sp³-hybridized carbons (Fsp3) is 0.562. The summed E-state index contributed by atoms with van der Waals surface area (Å²) in [5, 5.41) is 0. The monoisotopic (exact) mass is 342 g/mol. The molecule has 0 fully saturated rings. The summed E-state index contributed by atoms with van der Waals surface area (Å²) in [6.45, 7) is 7.21. The third-order valence-corrected chi connectivity index (χ3v) is 3.21. The molecule has 0 aromatic heterocycles. The van der Waals surface area contributed by atoms with Gasteiger partial charge in [-0.3, -0.25) is 0 Å². The van der Waals surface area contributed by atoms with E-state index in [-0.39, 0.29) is 5.97 Å². The van der Waals surface area contributed by atoms with Crippen molar-refractivity contribution in [2.45, 2.75) is 40.0 Å². The molecule has 0 saturated heterocycles. The molecular weight excluding hydrogens is 320 g/mol. The van der Waals surface area contributed by atoms with E-state index in [9.17, 15) is 4.79 Å². The van der Waals surface area contributed by atoms with Crippen LogP contribution >= 0.6 is 15.9 Å². The lowest BCUT2D eigenvalue weighted by Crippen LogP contribution is -2.12. The highest BCUT2D eigenvalue weighted by atomic mass is 79.9. The van der Waals surface area contributed by atoms with Crippen LogP contribution in [0.1, 0.15) is 50.4 Å². The second-order valence-corrected chi connectivity index (χ2v) is 6.10. The predicted molar refractivity (Wildman–Crippen MR) is 84.3 cm³/mol. The molecule has 1 aromatic rings. The molecule has 4 heteroatoms. The summed E-state index contributed by atoms with van der Waals surface area (Å²) in [6.07, 6.45) is 3.26. The Balaban J connectivity index is 2.70. The fourth-order valence-corrected chi connectivity index (χ4v) is 1.98. The van der Waals surface area contributed by atoms with E-state index in [0.717, 1.165) is 23.7 Å². The molecule has 0 radical (unpaired) electrons. The van der Waals surface area contributed by atoms with Crippen LogP contribution in [-0.2, 0) is 4.74 Å². The molecule has 0 spiro atoms. The van der Waals surface area contributed by atoms with Crippen LogP contribution in [0.3, 0.4) is 0 Å². The zero-order chi connectivity index (χ0) is 15.0. The summed E-state index contributed by atoms with van der Waals surface area (Å²) in [5.74, 6) is 0.587. The Labute approximate surface area is 129 Å². The van der Waals surface area contributed by atoms with E-state index in [1.54, 1.807) is 6.07 Å². The van der Waals surface area contributed by atoms with E-state index in [4.69, 9.17) is 9.47 Å². The van der Waals surface area contributed by atoms with Gasteiger partial charge in [0.05, 0.1) is 13.2 Å². The van der Waals surface area contributed by atoms with Crippen LogP contribution < -0.4 is 4.74 Å². The molecule has 3 nitrogen and oxygen atoms in total. The van der Waals surface area contributed by atoms with Gasteiger partial charge in [0.2, 0.25) is 0 Å². The van der Waals surface area contributed by atoms with Crippen LogP contribution in [0.2, 0.25) is 0 Å². The molecule has 0 amide bonds. The summed E-state index contributed by atoms with van der Waals surface area (Å²) in [4.78, 5) is 12.1. The maximum atomic E-state index is 12.1. The van der Waals surface area contributed by atoms with Crippen LogP contribution in [0, 0.1) is 5.92 Å². The molecule has 0 aliphatic rings. The molecular formula is C16H23BrO3. The number of carbonyl (C=O) groups excluding carboxylic acids is 1. The highest BCUT2D eigenvalue weighted by Gasteiger charge is 2.15. The van der Waals surface area contributed by atoms with Gasteiger partial charge >= 0.3 is 5.97 Å². The van der Waals surface area contributed by atoms with Crippen molar-refractivity contribution < 1.29 is 14.3 Å². The summed E-state index contributed by atoms with van der Waals surface area (Å²) < 4.78 is 11.9. The number of esters is 1. The Morgan fingerprint density at radius 1 is 1.30 bits per heavy atom. The van der Waals surface area contributed by atoms with E-state index in [1.165, 1.54) is 0 Å². The third kappa shape index (κ3) is 5.95.